The molecule has 0 spiro atoms. The van der Waals surface area contributed by atoms with E-state index in [-0.39, 0.29) is 17.9 Å². The van der Waals surface area contributed by atoms with Crippen LogP contribution in [0.3, 0.4) is 0 Å². The number of benzene rings is 2. The van der Waals surface area contributed by atoms with E-state index in [2.05, 4.69) is 5.32 Å². The highest BCUT2D eigenvalue weighted by atomic mass is 16.5. The minimum absolute atomic E-state index is 0.0103. The first-order valence-electron chi connectivity index (χ1n) is 8.97. The summed E-state index contributed by atoms with van der Waals surface area (Å²) < 4.78 is 5.45. The van der Waals surface area contributed by atoms with Gasteiger partial charge in [-0.1, -0.05) is 30.3 Å². The van der Waals surface area contributed by atoms with Crippen LogP contribution in [0.2, 0.25) is 0 Å². The molecule has 3 N–H and O–H groups in total. The number of methoxy groups -OCH3 is 1. The minimum atomic E-state index is -0.0475. The molecule has 4 rings (SSSR count). The fourth-order valence-electron chi connectivity index (χ4n) is 4.60. The zero-order chi connectivity index (χ0) is 17.4. The number of hydrogen-bond acceptors (Lipinski definition) is 3. The molecule has 1 amide bonds. The minimum Gasteiger partial charge on any atom is -0.496 e. The smallest absolute Gasteiger partial charge is 0.229 e. The molecule has 25 heavy (non-hydrogen) atoms. The summed E-state index contributed by atoms with van der Waals surface area (Å²) in [4.78, 5) is 12.8. The lowest BCUT2D eigenvalue weighted by Crippen LogP contribution is -2.42. The van der Waals surface area contributed by atoms with Crippen LogP contribution in [0.5, 0.6) is 5.75 Å². The summed E-state index contributed by atoms with van der Waals surface area (Å²) in [6, 6.07) is 15.8. The van der Waals surface area contributed by atoms with E-state index in [1.54, 1.807) is 7.11 Å². The van der Waals surface area contributed by atoms with Gasteiger partial charge < -0.3 is 15.8 Å². The number of carbonyl (C=O) groups excluding carboxylic acids is 1. The van der Waals surface area contributed by atoms with Crippen LogP contribution < -0.4 is 15.8 Å². The third-order valence-corrected chi connectivity index (χ3v) is 5.83. The monoisotopic (exact) mass is 336 g/mol. The number of hydrogen-bond donors (Lipinski definition) is 2. The van der Waals surface area contributed by atoms with Gasteiger partial charge in [-0.25, -0.2) is 0 Å². The van der Waals surface area contributed by atoms with E-state index in [4.69, 9.17) is 10.5 Å². The average molecular weight is 336 g/mol. The highest BCUT2D eigenvalue weighted by Crippen LogP contribution is 2.48. The second kappa shape index (κ2) is 6.52. The molecule has 4 nitrogen and oxygen atoms in total. The van der Waals surface area contributed by atoms with Crippen molar-refractivity contribution in [3.05, 3.63) is 48.5 Å². The van der Waals surface area contributed by atoms with Gasteiger partial charge in [0.15, 0.2) is 0 Å². The van der Waals surface area contributed by atoms with Crippen LogP contribution in [0.15, 0.2) is 48.5 Å². The van der Waals surface area contributed by atoms with Crippen molar-refractivity contribution in [2.75, 3.05) is 12.4 Å². The van der Waals surface area contributed by atoms with Crippen molar-refractivity contribution in [1.29, 1.82) is 0 Å². The van der Waals surface area contributed by atoms with Crippen molar-refractivity contribution >= 4 is 11.6 Å². The standard InChI is InChI=1S/C21H24N2O2/c1-25-18-8-3-2-7-17(18)13-5-4-6-16(12-13)23-21(24)19-14-9-10-15(11-14)20(19)22/h2-8,12,14-15,19-20H,9-11,22H2,1H3,(H,23,24). The van der Waals surface area contributed by atoms with Crippen molar-refractivity contribution in [3.8, 4) is 16.9 Å². The quantitative estimate of drug-likeness (QED) is 0.895. The Kier molecular flexibility index (Phi) is 4.22. The normalized spacial score (nSPS) is 27.3. The number of para-hydroxylation sites is 1. The molecule has 2 aromatic carbocycles. The Morgan fingerprint density at radius 2 is 1.92 bits per heavy atom. The van der Waals surface area contributed by atoms with Crippen LogP contribution in [-0.4, -0.2) is 19.1 Å². The predicted octanol–water partition coefficient (Wildman–Crippen LogP) is 3.67. The first-order valence-corrected chi connectivity index (χ1v) is 8.97. The number of nitrogens with one attached hydrogen (secondary N) is 1. The molecule has 2 aliphatic rings. The number of amides is 1. The van der Waals surface area contributed by atoms with E-state index in [0.29, 0.717) is 11.8 Å². The van der Waals surface area contributed by atoms with Crippen LogP contribution in [0.4, 0.5) is 5.69 Å². The molecule has 0 aliphatic heterocycles. The molecule has 2 aliphatic carbocycles. The molecular weight excluding hydrogens is 312 g/mol. The highest BCUT2D eigenvalue weighted by molar-refractivity contribution is 5.94. The largest absolute Gasteiger partial charge is 0.496 e. The molecule has 0 saturated heterocycles. The van der Waals surface area contributed by atoms with Gasteiger partial charge in [-0.3, -0.25) is 4.79 Å². The van der Waals surface area contributed by atoms with Gasteiger partial charge in [0.1, 0.15) is 5.75 Å². The van der Waals surface area contributed by atoms with Crippen molar-refractivity contribution < 1.29 is 9.53 Å². The molecule has 130 valence electrons. The van der Waals surface area contributed by atoms with E-state index in [9.17, 15) is 4.79 Å². The Hall–Kier alpha value is -2.33. The van der Waals surface area contributed by atoms with Gasteiger partial charge in [0.05, 0.1) is 13.0 Å². The molecule has 0 aromatic heterocycles. The lowest BCUT2D eigenvalue weighted by molar-refractivity contribution is -0.121. The maximum Gasteiger partial charge on any atom is 0.229 e. The van der Waals surface area contributed by atoms with Crippen LogP contribution in [0, 0.1) is 17.8 Å². The number of ether oxygens (including phenoxy) is 1. The van der Waals surface area contributed by atoms with Gasteiger partial charge in [0.25, 0.3) is 0 Å². The van der Waals surface area contributed by atoms with E-state index < -0.39 is 0 Å². The van der Waals surface area contributed by atoms with Gasteiger partial charge in [-0.05, 0) is 54.9 Å². The van der Waals surface area contributed by atoms with E-state index in [1.807, 2.05) is 48.5 Å². The van der Waals surface area contributed by atoms with E-state index >= 15 is 0 Å². The summed E-state index contributed by atoms with van der Waals surface area (Å²) in [6.07, 6.45) is 3.43. The van der Waals surface area contributed by atoms with Crippen molar-refractivity contribution in [2.45, 2.75) is 25.3 Å². The van der Waals surface area contributed by atoms with Crippen LogP contribution in [0.25, 0.3) is 11.1 Å². The molecule has 2 fully saturated rings. The Bertz CT molecular complexity index is 787. The maximum absolute atomic E-state index is 12.8. The number of rotatable bonds is 4. The van der Waals surface area contributed by atoms with Crippen LogP contribution >= 0.6 is 0 Å². The number of nitrogens with two attached hydrogens (primary N) is 1. The first-order chi connectivity index (χ1) is 12.2. The zero-order valence-corrected chi connectivity index (χ0v) is 14.4. The summed E-state index contributed by atoms with van der Waals surface area (Å²) in [7, 11) is 1.67. The fourth-order valence-corrected chi connectivity index (χ4v) is 4.60. The summed E-state index contributed by atoms with van der Waals surface area (Å²) in [5.41, 5.74) is 9.14. The van der Waals surface area contributed by atoms with E-state index in [1.165, 1.54) is 6.42 Å². The van der Waals surface area contributed by atoms with Crippen LogP contribution in [0.1, 0.15) is 19.3 Å². The van der Waals surface area contributed by atoms with Crippen molar-refractivity contribution in [3.63, 3.8) is 0 Å². The maximum atomic E-state index is 12.8. The Balaban J connectivity index is 1.55. The Morgan fingerprint density at radius 1 is 1.12 bits per heavy atom. The fraction of sp³-hybridized carbons (Fsp3) is 0.381. The zero-order valence-electron chi connectivity index (χ0n) is 14.4. The summed E-state index contributed by atoms with van der Waals surface area (Å²) in [5, 5.41) is 3.09. The summed E-state index contributed by atoms with van der Waals surface area (Å²) >= 11 is 0. The molecular formula is C21H24N2O2. The molecule has 0 radical (unpaired) electrons. The van der Waals surface area contributed by atoms with Gasteiger partial charge in [-0.2, -0.15) is 0 Å². The molecule has 2 aromatic rings. The number of carbonyl (C=O) groups is 1. The van der Waals surface area contributed by atoms with Gasteiger partial charge >= 0.3 is 0 Å². The predicted molar refractivity (Wildman–Crippen MR) is 99.4 cm³/mol. The SMILES string of the molecule is COc1ccccc1-c1cccc(NC(=O)C2C3CCC(C3)C2N)c1. The molecule has 4 atom stereocenters. The lowest BCUT2D eigenvalue weighted by Gasteiger charge is -2.27. The van der Waals surface area contributed by atoms with Gasteiger partial charge in [-0.15, -0.1) is 0 Å². The number of anilines is 1. The Morgan fingerprint density at radius 3 is 2.68 bits per heavy atom. The second-order valence-corrected chi connectivity index (χ2v) is 7.21. The third kappa shape index (κ3) is 2.91. The lowest BCUT2D eigenvalue weighted by atomic mass is 9.84. The first kappa shape index (κ1) is 16.2. The average Bonchev–Trinajstić information content (AvgIpc) is 3.23. The van der Waals surface area contributed by atoms with Gasteiger partial charge in [0.2, 0.25) is 5.91 Å². The van der Waals surface area contributed by atoms with Crippen molar-refractivity contribution in [2.24, 2.45) is 23.5 Å². The van der Waals surface area contributed by atoms with Crippen LogP contribution in [-0.2, 0) is 4.79 Å². The van der Waals surface area contributed by atoms with Gasteiger partial charge in [0, 0.05) is 17.3 Å². The molecule has 0 heterocycles. The summed E-state index contributed by atoms with van der Waals surface area (Å²) in [5.74, 6) is 1.82. The van der Waals surface area contributed by atoms with Crippen molar-refractivity contribution in [1.82, 2.24) is 0 Å². The van der Waals surface area contributed by atoms with E-state index in [0.717, 1.165) is 35.4 Å². The Labute approximate surface area is 148 Å². The third-order valence-electron chi connectivity index (χ3n) is 5.83. The molecule has 4 unspecified atom stereocenters. The molecule has 2 bridgehead atoms. The molecule has 2 saturated carbocycles. The summed E-state index contributed by atoms with van der Waals surface area (Å²) in [6.45, 7) is 0. The topological polar surface area (TPSA) is 64.3 Å². The highest BCUT2D eigenvalue weighted by Gasteiger charge is 2.49. The molecule has 4 heteroatoms. The number of fused-ring (bicyclic) bond motifs is 2. The second-order valence-electron chi connectivity index (χ2n) is 7.21.